The highest BCUT2D eigenvalue weighted by molar-refractivity contribution is 5.96. The van der Waals surface area contributed by atoms with Crippen LogP contribution >= 0.6 is 0 Å². The fourth-order valence-electron chi connectivity index (χ4n) is 9.77. The van der Waals surface area contributed by atoms with E-state index < -0.39 is 29.2 Å². The van der Waals surface area contributed by atoms with Gasteiger partial charge in [-0.1, -0.05) is 39.0 Å². The van der Waals surface area contributed by atoms with Gasteiger partial charge in [0.1, 0.15) is 17.3 Å². The third-order valence-corrected chi connectivity index (χ3v) is 12.0. The number of cyclic esters (lactones) is 1. The highest BCUT2D eigenvalue weighted by Crippen LogP contribution is 2.77. The van der Waals surface area contributed by atoms with Crippen LogP contribution in [0.3, 0.4) is 0 Å². The van der Waals surface area contributed by atoms with E-state index in [1.807, 2.05) is 37.3 Å². The summed E-state index contributed by atoms with van der Waals surface area (Å²) in [6, 6.07) is 16.8. The zero-order valence-corrected chi connectivity index (χ0v) is 30.1. The molecule has 2 aromatic rings. The maximum Gasteiger partial charge on any atom is 0.338 e. The van der Waals surface area contributed by atoms with Crippen LogP contribution in [0.2, 0.25) is 0 Å². The lowest BCUT2D eigenvalue weighted by Crippen LogP contribution is -2.57. The largest absolute Gasteiger partial charge is 0.497 e. The number of Topliss-reactive ketones (excluding diaryl/α,β-unsaturated/α-hetero) is 1. The predicted octanol–water partition coefficient (Wildman–Crippen LogP) is 7.30. The Kier molecular flexibility index (Phi) is 9.89. The molecule has 4 aliphatic rings. The number of fused-ring (bicyclic) bond motifs is 1. The van der Waals surface area contributed by atoms with Gasteiger partial charge in [-0.05, 0) is 98.9 Å². The maximum absolute atomic E-state index is 15.4. The van der Waals surface area contributed by atoms with Gasteiger partial charge in [0.25, 0.3) is 0 Å². The van der Waals surface area contributed by atoms with Gasteiger partial charge in [-0.25, -0.2) is 4.79 Å². The van der Waals surface area contributed by atoms with Crippen molar-refractivity contribution in [3.8, 4) is 11.5 Å². The summed E-state index contributed by atoms with van der Waals surface area (Å²) in [5.74, 6) is 0.611. The highest BCUT2D eigenvalue weighted by Gasteiger charge is 2.80. The molecule has 0 radical (unpaired) electrons. The number of aryl methyl sites for hydroxylation is 1. The van der Waals surface area contributed by atoms with Gasteiger partial charge in [0.2, 0.25) is 5.79 Å². The topological polar surface area (TPSA) is 86.3 Å². The van der Waals surface area contributed by atoms with Crippen molar-refractivity contribution >= 4 is 17.4 Å². The van der Waals surface area contributed by atoms with Crippen molar-refractivity contribution in [3.63, 3.8) is 0 Å². The summed E-state index contributed by atoms with van der Waals surface area (Å²) < 4.78 is 23.0. The lowest BCUT2D eigenvalue weighted by molar-refractivity contribution is -0.162. The van der Waals surface area contributed by atoms with Crippen LogP contribution in [-0.2, 0) is 25.5 Å². The number of benzene rings is 2. The Balaban J connectivity index is 1.22. The number of anilines is 1. The lowest BCUT2D eigenvalue weighted by atomic mass is 9.67. The number of hydrogen-bond donors (Lipinski definition) is 1. The maximum atomic E-state index is 15.4. The molecule has 1 N–H and O–H groups in total. The summed E-state index contributed by atoms with van der Waals surface area (Å²) >= 11 is 0. The number of esters is 1. The number of carbonyl (C=O) groups is 2. The second-order valence-electron chi connectivity index (χ2n) is 15.6. The van der Waals surface area contributed by atoms with E-state index in [4.69, 9.17) is 18.9 Å². The molecule has 262 valence electrons. The number of nitrogens with one attached hydrogen (secondary N) is 1. The molecule has 2 saturated heterocycles. The third-order valence-electron chi connectivity index (χ3n) is 12.0. The molecule has 48 heavy (non-hydrogen) atoms. The normalized spacial score (nSPS) is 30.2. The van der Waals surface area contributed by atoms with Crippen LogP contribution in [0.5, 0.6) is 11.5 Å². The molecule has 4 unspecified atom stereocenters. The van der Waals surface area contributed by atoms with E-state index in [-0.39, 0.29) is 17.2 Å². The SMILES string of the molecule is CCOc1ccc(CCC[C@@H](C(=O)C23C(N4CCC(Nc5cccc(OC)c5)CC4)C(C)CCC2C3(C)C)[C@@H]2OC(C)(C)OC2=O)cc1. The fourth-order valence-corrected chi connectivity index (χ4v) is 9.77. The summed E-state index contributed by atoms with van der Waals surface area (Å²) in [6.07, 6.45) is 5.48. The van der Waals surface area contributed by atoms with Gasteiger partial charge < -0.3 is 24.3 Å². The highest BCUT2D eigenvalue weighted by atomic mass is 16.8. The molecule has 0 spiro atoms. The number of carbonyl (C=O) groups excluding carboxylic acids is 2. The molecule has 4 fully saturated rings. The number of likely N-dealkylation sites (tertiary alicyclic amines) is 1. The van der Waals surface area contributed by atoms with E-state index in [2.05, 4.69) is 49.2 Å². The smallest absolute Gasteiger partial charge is 0.338 e. The van der Waals surface area contributed by atoms with Crippen LogP contribution in [0.15, 0.2) is 48.5 Å². The minimum absolute atomic E-state index is 0.135. The lowest BCUT2D eigenvalue weighted by Gasteiger charge is -2.48. The van der Waals surface area contributed by atoms with Crippen molar-refractivity contribution in [1.82, 2.24) is 4.90 Å². The number of methoxy groups -OCH3 is 1. The average Bonchev–Trinajstić information content (AvgIpc) is 3.43. The molecule has 6 atom stereocenters. The molecule has 8 nitrogen and oxygen atoms in total. The average molecular weight is 661 g/mol. The van der Waals surface area contributed by atoms with E-state index in [0.717, 1.165) is 68.8 Å². The first-order valence-electron chi connectivity index (χ1n) is 18.2. The van der Waals surface area contributed by atoms with Crippen LogP contribution in [-0.4, -0.2) is 67.4 Å². The Bertz CT molecular complexity index is 1450. The van der Waals surface area contributed by atoms with Gasteiger partial charge in [-0.15, -0.1) is 0 Å². The molecular formula is C40H56N2O6. The molecule has 0 bridgehead atoms. The van der Waals surface area contributed by atoms with Crippen LogP contribution in [0.1, 0.15) is 85.6 Å². The van der Waals surface area contributed by atoms with Crippen LogP contribution in [0.25, 0.3) is 0 Å². The van der Waals surface area contributed by atoms with E-state index in [1.165, 1.54) is 5.56 Å². The molecule has 2 heterocycles. The molecule has 8 heteroatoms. The molecule has 0 aromatic heterocycles. The minimum atomic E-state index is -1.04. The number of piperidine rings is 1. The minimum Gasteiger partial charge on any atom is -0.497 e. The Morgan fingerprint density at radius 1 is 1.02 bits per heavy atom. The Morgan fingerprint density at radius 3 is 2.40 bits per heavy atom. The molecule has 6 rings (SSSR count). The zero-order valence-electron chi connectivity index (χ0n) is 30.1. The number of ether oxygens (including phenoxy) is 4. The van der Waals surface area contributed by atoms with Crippen molar-refractivity contribution in [1.29, 1.82) is 0 Å². The summed E-state index contributed by atoms with van der Waals surface area (Å²) in [5, 5.41) is 3.73. The van der Waals surface area contributed by atoms with Crippen molar-refractivity contribution < 1.29 is 28.5 Å². The quantitative estimate of drug-likeness (QED) is 0.224. The standard InChI is InChI=1S/C40H56N2O6/c1-8-46-30-18-16-27(17-19-30)11-9-14-32(34-37(44)48-39(5,6)47-34)36(43)40-33(38(40,3)4)20-15-26(2)35(40)42-23-21-28(22-24-42)41-29-12-10-13-31(25-29)45-7/h10,12-13,16-19,25-26,28,32-35,41H,8-9,11,14-15,20-24H2,1-7H3/t26?,32-,33?,34+,35?,40?/m1/s1. The van der Waals surface area contributed by atoms with Crippen molar-refractivity contribution in [2.75, 3.05) is 32.1 Å². The monoisotopic (exact) mass is 660 g/mol. The molecule has 0 amide bonds. The summed E-state index contributed by atoms with van der Waals surface area (Å²) in [7, 11) is 1.70. The molecule has 2 aliphatic heterocycles. The third kappa shape index (κ3) is 6.47. The van der Waals surface area contributed by atoms with Crippen LogP contribution in [0, 0.1) is 28.6 Å². The van der Waals surface area contributed by atoms with Gasteiger partial charge >= 0.3 is 5.97 Å². The first-order chi connectivity index (χ1) is 22.9. The van der Waals surface area contributed by atoms with Crippen molar-refractivity contribution in [3.05, 3.63) is 54.1 Å². The van der Waals surface area contributed by atoms with Crippen molar-refractivity contribution in [2.24, 2.45) is 28.6 Å². The van der Waals surface area contributed by atoms with E-state index in [0.29, 0.717) is 30.9 Å². The first kappa shape index (κ1) is 34.8. The van der Waals surface area contributed by atoms with Gasteiger partial charge in [0, 0.05) is 50.8 Å². The van der Waals surface area contributed by atoms with Crippen LogP contribution < -0.4 is 14.8 Å². The summed E-state index contributed by atoms with van der Waals surface area (Å²) in [5.41, 5.74) is 1.60. The Hall–Kier alpha value is -3.10. The number of nitrogens with zero attached hydrogens (tertiary/aromatic N) is 1. The molecule has 2 aliphatic carbocycles. The number of rotatable bonds is 13. The second kappa shape index (κ2) is 13.7. The number of ketones is 1. The Morgan fingerprint density at radius 2 is 1.75 bits per heavy atom. The Labute approximate surface area is 287 Å². The second-order valence-corrected chi connectivity index (χ2v) is 15.6. The van der Waals surface area contributed by atoms with E-state index >= 15 is 4.79 Å². The van der Waals surface area contributed by atoms with Crippen molar-refractivity contribution in [2.45, 2.75) is 110 Å². The number of hydrogen-bond acceptors (Lipinski definition) is 8. The zero-order chi connectivity index (χ0) is 34.3. The van der Waals surface area contributed by atoms with Gasteiger partial charge in [-0.3, -0.25) is 9.69 Å². The fraction of sp³-hybridized carbons (Fsp3) is 0.650. The summed E-state index contributed by atoms with van der Waals surface area (Å²) in [4.78, 5) is 31.4. The molecule has 2 aromatic carbocycles. The molecule has 2 saturated carbocycles. The summed E-state index contributed by atoms with van der Waals surface area (Å²) in [6.45, 7) is 15.0. The van der Waals surface area contributed by atoms with Crippen LogP contribution in [0.4, 0.5) is 5.69 Å². The van der Waals surface area contributed by atoms with Gasteiger partial charge in [0.05, 0.1) is 25.0 Å². The van der Waals surface area contributed by atoms with E-state index in [9.17, 15) is 4.79 Å². The predicted molar refractivity (Wildman–Crippen MR) is 187 cm³/mol. The van der Waals surface area contributed by atoms with E-state index in [1.54, 1.807) is 21.0 Å². The van der Waals surface area contributed by atoms with Gasteiger partial charge in [-0.2, -0.15) is 0 Å². The molecular weight excluding hydrogens is 604 g/mol. The first-order valence-corrected chi connectivity index (χ1v) is 18.2. The van der Waals surface area contributed by atoms with Gasteiger partial charge in [0.15, 0.2) is 6.10 Å².